The Morgan fingerprint density at radius 3 is 2.65 bits per heavy atom. The van der Waals surface area contributed by atoms with E-state index >= 15 is 0 Å². The molecule has 0 aliphatic carbocycles. The molecule has 1 unspecified atom stereocenters. The minimum atomic E-state index is -0.187. The van der Waals surface area contributed by atoms with Crippen molar-refractivity contribution in [1.29, 1.82) is 0 Å². The van der Waals surface area contributed by atoms with E-state index in [1.165, 1.54) is 0 Å². The molecule has 0 saturated carbocycles. The number of amides is 2. The van der Waals surface area contributed by atoms with Gasteiger partial charge in [0.25, 0.3) is 5.91 Å². The summed E-state index contributed by atoms with van der Waals surface area (Å²) >= 11 is 0. The summed E-state index contributed by atoms with van der Waals surface area (Å²) in [5.74, 6) is -0.176. The molecule has 1 heterocycles. The van der Waals surface area contributed by atoms with Crippen LogP contribution in [0.1, 0.15) is 23.2 Å². The van der Waals surface area contributed by atoms with Gasteiger partial charge in [-0.05, 0) is 31.0 Å². The molecule has 0 bridgehead atoms. The van der Waals surface area contributed by atoms with Gasteiger partial charge in [0, 0.05) is 26.2 Å². The second-order valence-corrected chi connectivity index (χ2v) is 4.82. The maximum absolute atomic E-state index is 11.9. The molecule has 1 atom stereocenters. The van der Waals surface area contributed by atoms with Crippen LogP contribution in [0.4, 0.5) is 11.4 Å². The monoisotopic (exact) mass is 276 g/mol. The number of carbonyl (C=O) groups is 2. The highest BCUT2D eigenvalue weighted by Gasteiger charge is 2.31. The van der Waals surface area contributed by atoms with Crippen LogP contribution in [0.25, 0.3) is 0 Å². The van der Waals surface area contributed by atoms with E-state index in [0.29, 0.717) is 11.3 Å². The Hall–Kier alpha value is -2.24. The van der Waals surface area contributed by atoms with Gasteiger partial charge in [0.2, 0.25) is 5.91 Å². The summed E-state index contributed by atoms with van der Waals surface area (Å²) in [4.78, 5) is 25.4. The van der Waals surface area contributed by atoms with Gasteiger partial charge in [0.1, 0.15) is 6.04 Å². The molecule has 2 amide bonds. The molecule has 1 aromatic carbocycles. The maximum atomic E-state index is 11.9. The van der Waals surface area contributed by atoms with Crippen molar-refractivity contribution in [2.75, 3.05) is 31.3 Å². The van der Waals surface area contributed by atoms with Crippen molar-refractivity contribution in [3.63, 3.8) is 0 Å². The quantitative estimate of drug-likeness (QED) is 0.695. The lowest BCUT2D eigenvalue weighted by atomic mass is 10.1. The second kappa shape index (κ2) is 5.81. The number of nitrogens with one attached hydrogen (secondary N) is 2. The lowest BCUT2D eigenvalue weighted by molar-refractivity contribution is -0.121. The van der Waals surface area contributed by atoms with Crippen molar-refractivity contribution in [1.82, 2.24) is 10.6 Å². The van der Waals surface area contributed by atoms with E-state index in [2.05, 4.69) is 10.6 Å². The Morgan fingerprint density at radius 1 is 1.30 bits per heavy atom. The van der Waals surface area contributed by atoms with Gasteiger partial charge in [0.05, 0.1) is 11.4 Å². The molecule has 108 valence electrons. The van der Waals surface area contributed by atoms with Crippen molar-refractivity contribution in [3.05, 3.63) is 23.8 Å². The van der Waals surface area contributed by atoms with E-state index in [-0.39, 0.29) is 17.9 Å². The van der Waals surface area contributed by atoms with Crippen molar-refractivity contribution in [3.8, 4) is 0 Å². The smallest absolute Gasteiger partial charge is 0.251 e. The van der Waals surface area contributed by atoms with Crippen LogP contribution < -0.4 is 21.3 Å². The third-order valence-corrected chi connectivity index (χ3v) is 3.63. The molecule has 1 saturated heterocycles. The molecule has 0 spiro atoms. The third-order valence-electron chi connectivity index (χ3n) is 3.63. The van der Waals surface area contributed by atoms with Crippen molar-refractivity contribution in [2.24, 2.45) is 0 Å². The summed E-state index contributed by atoms with van der Waals surface area (Å²) < 4.78 is 0. The summed E-state index contributed by atoms with van der Waals surface area (Å²) in [6.45, 7) is 0.793. The molecule has 6 heteroatoms. The first-order valence-corrected chi connectivity index (χ1v) is 6.68. The van der Waals surface area contributed by atoms with Gasteiger partial charge < -0.3 is 21.3 Å². The zero-order valence-corrected chi connectivity index (χ0v) is 11.8. The molecule has 0 aromatic heterocycles. The maximum Gasteiger partial charge on any atom is 0.251 e. The van der Waals surface area contributed by atoms with E-state index in [4.69, 9.17) is 5.73 Å². The Kier molecular flexibility index (Phi) is 4.12. The summed E-state index contributed by atoms with van der Waals surface area (Å²) in [7, 11) is 3.21. The van der Waals surface area contributed by atoms with Gasteiger partial charge in [-0.1, -0.05) is 0 Å². The van der Waals surface area contributed by atoms with E-state index in [0.717, 1.165) is 25.1 Å². The molecule has 1 fully saturated rings. The van der Waals surface area contributed by atoms with Crippen LogP contribution >= 0.6 is 0 Å². The van der Waals surface area contributed by atoms with Crippen LogP contribution in [-0.4, -0.2) is 38.5 Å². The fourth-order valence-corrected chi connectivity index (χ4v) is 2.60. The van der Waals surface area contributed by atoms with E-state index in [1.807, 2.05) is 4.90 Å². The summed E-state index contributed by atoms with van der Waals surface area (Å²) in [6.07, 6.45) is 1.77. The normalized spacial score (nSPS) is 17.9. The first-order chi connectivity index (χ1) is 9.58. The molecule has 6 nitrogen and oxygen atoms in total. The molecule has 20 heavy (non-hydrogen) atoms. The van der Waals surface area contributed by atoms with Gasteiger partial charge in [-0.25, -0.2) is 0 Å². The van der Waals surface area contributed by atoms with Gasteiger partial charge >= 0.3 is 0 Å². The minimum Gasteiger partial charge on any atom is -0.397 e. The first kappa shape index (κ1) is 14.2. The number of carbonyl (C=O) groups excluding carboxylic acids is 2. The van der Waals surface area contributed by atoms with E-state index in [9.17, 15) is 9.59 Å². The standard InChI is InChI=1S/C14H20N4O2/c1-16-13(19)9-5-6-11(10(15)8-9)18-7-3-4-12(18)14(20)17-2/h5-6,8,12H,3-4,7,15H2,1-2H3,(H,16,19)(H,17,20). The minimum absolute atomic E-state index is 0.00252. The average Bonchev–Trinajstić information content (AvgIpc) is 2.94. The van der Waals surface area contributed by atoms with Crippen LogP contribution in [0.2, 0.25) is 0 Å². The fraction of sp³-hybridized carbons (Fsp3) is 0.429. The topological polar surface area (TPSA) is 87.5 Å². The Bertz CT molecular complexity index is 530. The van der Waals surface area contributed by atoms with Gasteiger partial charge in [0.15, 0.2) is 0 Å². The van der Waals surface area contributed by atoms with Crippen molar-refractivity contribution >= 4 is 23.2 Å². The zero-order valence-electron chi connectivity index (χ0n) is 11.8. The summed E-state index contributed by atoms with van der Waals surface area (Å²) in [5.41, 5.74) is 7.89. The zero-order chi connectivity index (χ0) is 14.7. The van der Waals surface area contributed by atoms with E-state index in [1.54, 1.807) is 32.3 Å². The average molecular weight is 276 g/mol. The van der Waals surface area contributed by atoms with Crippen LogP contribution in [0.15, 0.2) is 18.2 Å². The number of nitrogens with two attached hydrogens (primary N) is 1. The van der Waals surface area contributed by atoms with Crippen LogP contribution in [0, 0.1) is 0 Å². The highest BCUT2D eigenvalue weighted by atomic mass is 16.2. The largest absolute Gasteiger partial charge is 0.397 e. The summed E-state index contributed by atoms with van der Waals surface area (Å²) in [5, 5.41) is 5.24. The Labute approximate surface area is 118 Å². The number of likely N-dealkylation sites (N-methyl/N-ethyl adjacent to an activating group) is 1. The van der Waals surface area contributed by atoms with Crippen molar-refractivity contribution in [2.45, 2.75) is 18.9 Å². The molecule has 1 aromatic rings. The molecular formula is C14H20N4O2. The predicted octanol–water partition coefficient (Wildman–Crippen LogP) is 0.343. The van der Waals surface area contributed by atoms with Gasteiger partial charge in [-0.3, -0.25) is 9.59 Å². The molecule has 1 aliphatic rings. The molecular weight excluding hydrogens is 256 g/mol. The number of anilines is 2. The number of hydrogen-bond donors (Lipinski definition) is 3. The second-order valence-electron chi connectivity index (χ2n) is 4.82. The lowest BCUT2D eigenvalue weighted by Gasteiger charge is -2.26. The van der Waals surface area contributed by atoms with Crippen LogP contribution in [0.3, 0.4) is 0 Å². The Morgan fingerprint density at radius 2 is 2.05 bits per heavy atom. The number of hydrogen-bond acceptors (Lipinski definition) is 4. The van der Waals surface area contributed by atoms with Gasteiger partial charge in [-0.15, -0.1) is 0 Å². The SMILES string of the molecule is CNC(=O)c1ccc(N2CCCC2C(=O)NC)c(N)c1. The predicted molar refractivity (Wildman–Crippen MR) is 78.7 cm³/mol. The van der Waals surface area contributed by atoms with Gasteiger partial charge in [-0.2, -0.15) is 0 Å². The number of nitrogen functional groups attached to an aromatic ring is 1. The van der Waals surface area contributed by atoms with Crippen LogP contribution in [0.5, 0.6) is 0 Å². The first-order valence-electron chi connectivity index (χ1n) is 6.68. The third kappa shape index (κ3) is 2.54. The lowest BCUT2D eigenvalue weighted by Crippen LogP contribution is -2.42. The number of rotatable bonds is 3. The van der Waals surface area contributed by atoms with E-state index < -0.39 is 0 Å². The molecule has 1 aliphatic heterocycles. The summed E-state index contributed by atoms with van der Waals surface area (Å²) in [6, 6.07) is 4.99. The molecule has 4 N–H and O–H groups in total. The van der Waals surface area contributed by atoms with Crippen LogP contribution in [-0.2, 0) is 4.79 Å². The molecule has 0 radical (unpaired) electrons. The fourth-order valence-electron chi connectivity index (χ4n) is 2.60. The number of nitrogens with zero attached hydrogens (tertiary/aromatic N) is 1. The van der Waals surface area contributed by atoms with Crippen molar-refractivity contribution < 1.29 is 9.59 Å². The highest BCUT2D eigenvalue weighted by Crippen LogP contribution is 2.31. The Balaban J connectivity index is 2.28. The number of benzene rings is 1. The highest BCUT2D eigenvalue weighted by molar-refractivity contribution is 5.96. The molecule has 2 rings (SSSR count).